The van der Waals surface area contributed by atoms with E-state index in [0.29, 0.717) is 18.9 Å². The van der Waals surface area contributed by atoms with Crippen LogP contribution >= 0.6 is 0 Å². The molecule has 3 aromatic rings. The molecule has 1 fully saturated rings. The van der Waals surface area contributed by atoms with Crippen molar-refractivity contribution in [1.29, 1.82) is 0 Å². The minimum atomic E-state index is -0.334. The molecule has 2 heterocycles. The van der Waals surface area contributed by atoms with E-state index in [1.165, 1.54) is 17.2 Å². The number of hydrogen-bond donors (Lipinski definition) is 1. The predicted molar refractivity (Wildman–Crippen MR) is 115 cm³/mol. The molecule has 158 valence electrons. The second-order valence-electron chi connectivity index (χ2n) is 7.88. The molecule has 1 atom stereocenters. The van der Waals surface area contributed by atoms with Gasteiger partial charge in [0, 0.05) is 36.7 Å². The molecule has 1 saturated heterocycles. The fourth-order valence-corrected chi connectivity index (χ4v) is 3.99. The number of nitrogens with one attached hydrogen (secondary N) is 1. The molecule has 0 saturated carbocycles. The maximum atomic E-state index is 13.6. The zero-order valence-corrected chi connectivity index (χ0v) is 17.5. The van der Waals surface area contributed by atoms with E-state index in [1.807, 2.05) is 0 Å². The summed E-state index contributed by atoms with van der Waals surface area (Å²) < 4.78 is 24.7. The lowest BCUT2D eigenvalue weighted by Gasteiger charge is -2.18. The average molecular weight is 410 g/mol. The third kappa shape index (κ3) is 4.82. The van der Waals surface area contributed by atoms with Crippen molar-refractivity contribution in [3.8, 4) is 11.5 Å². The summed E-state index contributed by atoms with van der Waals surface area (Å²) in [6.07, 6.45) is 1.75. The van der Waals surface area contributed by atoms with E-state index in [-0.39, 0.29) is 11.6 Å². The van der Waals surface area contributed by atoms with Crippen LogP contribution in [0, 0.1) is 12.7 Å². The number of halogens is 1. The molecule has 6 heteroatoms. The summed E-state index contributed by atoms with van der Waals surface area (Å²) in [6, 6.07) is 15.0. The second kappa shape index (κ2) is 9.30. The number of methoxy groups -OCH3 is 1. The monoisotopic (exact) mass is 409 g/mol. The molecule has 1 N–H and O–H groups in total. The first-order valence-corrected chi connectivity index (χ1v) is 10.4. The Kier molecular flexibility index (Phi) is 6.33. The summed E-state index contributed by atoms with van der Waals surface area (Å²) in [6.45, 7) is 5.39. The maximum absolute atomic E-state index is 13.6. The number of likely N-dealkylation sites (tertiary alicyclic amines) is 1. The third-order valence-corrected chi connectivity index (χ3v) is 5.64. The van der Waals surface area contributed by atoms with Crippen molar-refractivity contribution in [2.24, 2.45) is 0 Å². The lowest BCUT2D eigenvalue weighted by Crippen LogP contribution is -2.20. The van der Waals surface area contributed by atoms with Crippen molar-refractivity contribution in [3.05, 3.63) is 76.9 Å². The predicted octanol–water partition coefficient (Wildman–Crippen LogP) is 4.48. The summed E-state index contributed by atoms with van der Waals surface area (Å²) in [5.41, 5.74) is 4.53. The molecular weight excluding hydrogens is 381 g/mol. The Morgan fingerprint density at radius 2 is 2.03 bits per heavy atom. The minimum absolute atomic E-state index is 0.287. The van der Waals surface area contributed by atoms with Crippen LogP contribution in [-0.2, 0) is 13.0 Å². The van der Waals surface area contributed by atoms with Crippen molar-refractivity contribution in [2.45, 2.75) is 32.2 Å². The van der Waals surface area contributed by atoms with Gasteiger partial charge in [-0.1, -0.05) is 24.3 Å². The van der Waals surface area contributed by atoms with Crippen molar-refractivity contribution in [2.75, 3.05) is 26.8 Å². The van der Waals surface area contributed by atoms with Crippen LogP contribution in [0.4, 0.5) is 4.39 Å². The Morgan fingerprint density at radius 1 is 1.17 bits per heavy atom. The standard InChI is InChI=1S/C24H28FN3O2/c1-17-7-8-19(24(13-17)29-2)16-28-11-9-18(15-28)22-14-20(26-27-22)10-12-30-23-6-4-3-5-21(23)25/h3-8,13-14,18H,9-12,15-16H2,1-2H3,(H,26,27). The molecule has 1 aromatic heterocycles. The number of nitrogens with zero attached hydrogens (tertiary/aromatic N) is 2. The molecule has 0 radical (unpaired) electrons. The Bertz CT molecular complexity index is 988. The topological polar surface area (TPSA) is 50.4 Å². The molecule has 0 aliphatic carbocycles. The van der Waals surface area contributed by atoms with Crippen LogP contribution in [0.2, 0.25) is 0 Å². The molecular formula is C24H28FN3O2. The minimum Gasteiger partial charge on any atom is -0.496 e. The highest BCUT2D eigenvalue weighted by molar-refractivity contribution is 5.37. The van der Waals surface area contributed by atoms with E-state index in [4.69, 9.17) is 9.47 Å². The molecule has 2 aromatic carbocycles. The van der Waals surface area contributed by atoms with Crippen LogP contribution in [0.25, 0.3) is 0 Å². The summed E-state index contributed by atoms with van der Waals surface area (Å²) >= 11 is 0. The molecule has 1 aliphatic heterocycles. The zero-order chi connectivity index (χ0) is 20.9. The number of aryl methyl sites for hydroxylation is 1. The molecule has 0 spiro atoms. The quantitative estimate of drug-likeness (QED) is 0.596. The Morgan fingerprint density at radius 3 is 2.87 bits per heavy atom. The normalized spacial score (nSPS) is 16.7. The summed E-state index contributed by atoms with van der Waals surface area (Å²) in [5, 5.41) is 7.63. The van der Waals surface area contributed by atoms with Crippen molar-refractivity contribution < 1.29 is 13.9 Å². The number of ether oxygens (including phenoxy) is 2. The van der Waals surface area contributed by atoms with E-state index in [9.17, 15) is 4.39 Å². The first kappa shape index (κ1) is 20.4. The average Bonchev–Trinajstić information content (AvgIpc) is 3.40. The van der Waals surface area contributed by atoms with Crippen LogP contribution < -0.4 is 9.47 Å². The van der Waals surface area contributed by atoms with E-state index < -0.39 is 0 Å². The van der Waals surface area contributed by atoms with Gasteiger partial charge in [-0.2, -0.15) is 5.10 Å². The van der Waals surface area contributed by atoms with Gasteiger partial charge in [0.2, 0.25) is 0 Å². The fourth-order valence-electron chi connectivity index (χ4n) is 3.99. The van der Waals surface area contributed by atoms with Gasteiger partial charge in [0.05, 0.1) is 19.4 Å². The van der Waals surface area contributed by atoms with Gasteiger partial charge in [-0.15, -0.1) is 0 Å². The van der Waals surface area contributed by atoms with Gasteiger partial charge < -0.3 is 9.47 Å². The van der Waals surface area contributed by atoms with E-state index in [1.54, 1.807) is 25.3 Å². The van der Waals surface area contributed by atoms with Crippen LogP contribution in [0.15, 0.2) is 48.5 Å². The molecule has 1 unspecified atom stereocenters. The number of benzene rings is 2. The van der Waals surface area contributed by atoms with Crippen molar-refractivity contribution in [1.82, 2.24) is 15.1 Å². The van der Waals surface area contributed by atoms with Gasteiger partial charge in [-0.3, -0.25) is 10.00 Å². The van der Waals surface area contributed by atoms with Gasteiger partial charge in [0.25, 0.3) is 0 Å². The van der Waals surface area contributed by atoms with Gasteiger partial charge in [0.15, 0.2) is 11.6 Å². The number of aromatic amines is 1. The third-order valence-electron chi connectivity index (χ3n) is 5.64. The van der Waals surface area contributed by atoms with Crippen LogP contribution in [-0.4, -0.2) is 41.9 Å². The summed E-state index contributed by atoms with van der Waals surface area (Å²) in [7, 11) is 1.73. The number of hydrogen-bond acceptors (Lipinski definition) is 4. The Balaban J connectivity index is 1.30. The van der Waals surface area contributed by atoms with Crippen LogP contribution in [0.3, 0.4) is 0 Å². The van der Waals surface area contributed by atoms with Crippen molar-refractivity contribution in [3.63, 3.8) is 0 Å². The number of H-pyrrole nitrogens is 1. The maximum Gasteiger partial charge on any atom is 0.165 e. The Labute approximate surface area is 176 Å². The molecule has 5 nitrogen and oxygen atoms in total. The zero-order valence-electron chi connectivity index (χ0n) is 17.5. The van der Waals surface area contributed by atoms with Gasteiger partial charge in [0.1, 0.15) is 5.75 Å². The fraction of sp³-hybridized carbons (Fsp3) is 0.375. The highest BCUT2D eigenvalue weighted by Crippen LogP contribution is 2.29. The molecule has 0 bridgehead atoms. The number of aromatic nitrogens is 2. The number of para-hydroxylation sites is 1. The summed E-state index contributed by atoms with van der Waals surface area (Å²) in [4.78, 5) is 2.45. The molecule has 0 amide bonds. The van der Waals surface area contributed by atoms with E-state index in [0.717, 1.165) is 43.2 Å². The lowest BCUT2D eigenvalue weighted by molar-refractivity contribution is 0.304. The smallest absolute Gasteiger partial charge is 0.165 e. The lowest BCUT2D eigenvalue weighted by atomic mass is 10.0. The van der Waals surface area contributed by atoms with Gasteiger partial charge in [-0.25, -0.2) is 4.39 Å². The van der Waals surface area contributed by atoms with E-state index in [2.05, 4.69) is 46.3 Å². The van der Waals surface area contributed by atoms with Gasteiger partial charge >= 0.3 is 0 Å². The molecule has 30 heavy (non-hydrogen) atoms. The van der Waals surface area contributed by atoms with E-state index >= 15 is 0 Å². The second-order valence-corrected chi connectivity index (χ2v) is 7.88. The summed E-state index contributed by atoms with van der Waals surface area (Å²) in [5.74, 6) is 1.32. The highest BCUT2D eigenvalue weighted by atomic mass is 19.1. The first-order valence-electron chi connectivity index (χ1n) is 10.4. The molecule has 4 rings (SSSR count). The largest absolute Gasteiger partial charge is 0.496 e. The number of rotatable bonds is 8. The molecule has 1 aliphatic rings. The first-order chi connectivity index (χ1) is 14.6. The van der Waals surface area contributed by atoms with Crippen molar-refractivity contribution >= 4 is 0 Å². The van der Waals surface area contributed by atoms with Crippen LogP contribution in [0.1, 0.15) is 34.9 Å². The Hall–Kier alpha value is -2.86. The van der Waals surface area contributed by atoms with Crippen LogP contribution in [0.5, 0.6) is 11.5 Å². The SMILES string of the molecule is COc1cc(C)ccc1CN1CCC(c2cc(CCOc3ccccc3F)[nH]n2)C1. The highest BCUT2D eigenvalue weighted by Gasteiger charge is 2.26. The van der Waals surface area contributed by atoms with Gasteiger partial charge in [-0.05, 0) is 49.7 Å².